The van der Waals surface area contributed by atoms with Gasteiger partial charge < -0.3 is 10.2 Å². The van der Waals surface area contributed by atoms with Crippen LogP contribution in [0.4, 0.5) is 5.82 Å². The van der Waals surface area contributed by atoms with Crippen molar-refractivity contribution in [2.75, 3.05) is 5.43 Å². The van der Waals surface area contributed by atoms with Crippen molar-refractivity contribution in [1.82, 2.24) is 9.97 Å². The van der Waals surface area contributed by atoms with Gasteiger partial charge in [0.05, 0.1) is 0 Å². The number of hydrogen-bond donors (Lipinski definition) is 2. The van der Waals surface area contributed by atoms with Gasteiger partial charge in [-0.15, -0.1) is 0 Å². The summed E-state index contributed by atoms with van der Waals surface area (Å²) < 4.78 is 6.15. The molecule has 18 heavy (non-hydrogen) atoms. The Bertz CT molecular complexity index is 535. The SMILES string of the molecule is NNc1ncnc(OCc2ccc(Cl)cc2)c1Br. The molecule has 3 N–H and O–H groups in total. The first kappa shape index (κ1) is 13.1. The fraction of sp³-hybridized carbons (Fsp3) is 0.0909. The summed E-state index contributed by atoms with van der Waals surface area (Å²) in [5.74, 6) is 6.20. The molecule has 5 nitrogen and oxygen atoms in total. The highest BCUT2D eigenvalue weighted by atomic mass is 79.9. The summed E-state index contributed by atoms with van der Waals surface area (Å²) in [6.45, 7) is 0.386. The third kappa shape index (κ3) is 3.10. The van der Waals surface area contributed by atoms with Crippen LogP contribution in [0.2, 0.25) is 5.02 Å². The van der Waals surface area contributed by atoms with Crippen molar-refractivity contribution < 1.29 is 4.74 Å². The first-order valence-electron chi connectivity index (χ1n) is 5.05. The van der Waals surface area contributed by atoms with Crippen LogP contribution in [0.3, 0.4) is 0 Å². The molecule has 94 valence electrons. The Balaban J connectivity index is 2.08. The maximum atomic E-state index is 5.80. The largest absolute Gasteiger partial charge is 0.472 e. The highest BCUT2D eigenvalue weighted by Crippen LogP contribution is 2.28. The second-order valence-electron chi connectivity index (χ2n) is 3.40. The predicted octanol–water partition coefficient (Wildman–Crippen LogP) is 2.76. The summed E-state index contributed by atoms with van der Waals surface area (Å²) in [6, 6.07) is 7.39. The number of nitrogen functional groups attached to an aromatic ring is 1. The third-order valence-electron chi connectivity index (χ3n) is 2.18. The first-order valence-corrected chi connectivity index (χ1v) is 6.22. The zero-order valence-corrected chi connectivity index (χ0v) is 11.6. The Morgan fingerprint density at radius 3 is 2.67 bits per heavy atom. The van der Waals surface area contributed by atoms with Gasteiger partial charge in [-0.05, 0) is 33.6 Å². The lowest BCUT2D eigenvalue weighted by atomic mass is 10.2. The van der Waals surface area contributed by atoms with Crippen LogP contribution in [-0.2, 0) is 6.61 Å². The van der Waals surface area contributed by atoms with Crippen molar-refractivity contribution >= 4 is 33.3 Å². The van der Waals surface area contributed by atoms with E-state index in [1.54, 1.807) is 0 Å². The van der Waals surface area contributed by atoms with Crippen molar-refractivity contribution in [2.45, 2.75) is 6.61 Å². The van der Waals surface area contributed by atoms with Gasteiger partial charge in [0, 0.05) is 5.02 Å². The quantitative estimate of drug-likeness (QED) is 0.666. The molecule has 1 aromatic carbocycles. The number of halogens is 2. The van der Waals surface area contributed by atoms with Crippen LogP contribution in [0.15, 0.2) is 35.1 Å². The molecule has 0 saturated carbocycles. The van der Waals surface area contributed by atoms with Gasteiger partial charge >= 0.3 is 0 Å². The molecule has 1 aromatic heterocycles. The van der Waals surface area contributed by atoms with E-state index in [0.717, 1.165) is 5.56 Å². The Labute approximate surface area is 117 Å². The monoisotopic (exact) mass is 328 g/mol. The molecule has 0 bridgehead atoms. The van der Waals surface area contributed by atoms with E-state index < -0.39 is 0 Å². The maximum Gasteiger partial charge on any atom is 0.233 e. The molecule has 0 spiro atoms. The summed E-state index contributed by atoms with van der Waals surface area (Å²) >= 11 is 9.12. The fourth-order valence-corrected chi connectivity index (χ4v) is 1.85. The van der Waals surface area contributed by atoms with Crippen molar-refractivity contribution in [3.8, 4) is 5.88 Å². The Hall–Kier alpha value is -1.37. The molecule has 0 aliphatic rings. The zero-order valence-electron chi connectivity index (χ0n) is 9.23. The fourth-order valence-electron chi connectivity index (χ4n) is 1.29. The topological polar surface area (TPSA) is 73.1 Å². The normalized spacial score (nSPS) is 10.2. The van der Waals surface area contributed by atoms with Gasteiger partial charge in [-0.25, -0.2) is 15.8 Å². The van der Waals surface area contributed by atoms with Crippen molar-refractivity contribution in [3.05, 3.63) is 45.7 Å². The number of nitrogens with two attached hydrogens (primary N) is 1. The molecular formula is C11H10BrClN4O. The molecule has 0 fully saturated rings. The molecular weight excluding hydrogens is 320 g/mol. The molecule has 7 heteroatoms. The number of aromatic nitrogens is 2. The van der Waals surface area contributed by atoms with E-state index in [0.29, 0.717) is 27.8 Å². The average molecular weight is 330 g/mol. The van der Waals surface area contributed by atoms with Gasteiger partial charge in [-0.2, -0.15) is 0 Å². The molecule has 0 unspecified atom stereocenters. The predicted molar refractivity (Wildman–Crippen MR) is 73.3 cm³/mol. The van der Waals surface area contributed by atoms with Crippen molar-refractivity contribution in [1.29, 1.82) is 0 Å². The second-order valence-corrected chi connectivity index (χ2v) is 4.63. The van der Waals surface area contributed by atoms with Crippen LogP contribution in [0.5, 0.6) is 5.88 Å². The van der Waals surface area contributed by atoms with Crippen LogP contribution >= 0.6 is 27.5 Å². The number of nitrogens with one attached hydrogen (secondary N) is 1. The molecule has 0 aliphatic carbocycles. The van der Waals surface area contributed by atoms with Crippen LogP contribution < -0.4 is 16.0 Å². The number of ether oxygens (including phenoxy) is 1. The summed E-state index contributed by atoms with van der Waals surface area (Å²) in [7, 11) is 0. The average Bonchev–Trinajstić information content (AvgIpc) is 2.39. The lowest BCUT2D eigenvalue weighted by Crippen LogP contribution is -2.10. The number of nitrogens with zero attached hydrogens (tertiary/aromatic N) is 2. The van der Waals surface area contributed by atoms with Gasteiger partial charge in [0.1, 0.15) is 17.4 Å². The molecule has 0 radical (unpaired) electrons. The van der Waals surface area contributed by atoms with Crippen LogP contribution in [0, 0.1) is 0 Å². The molecule has 0 saturated heterocycles. The summed E-state index contributed by atoms with van der Waals surface area (Å²) in [5, 5.41) is 0.691. The van der Waals surface area contributed by atoms with Crippen LogP contribution in [0.25, 0.3) is 0 Å². The second kappa shape index (κ2) is 5.99. The van der Waals surface area contributed by atoms with Crippen LogP contribution in [0.1, 0.15) is 5.56 Å². The van der Waals surface area contributed by atoms with E-state index in [1.807, 2.05) is 24.3 Å². The smallest absolute Gasteiger partial charge is 0.233 e. The lowest BCUT2D eigenvalue weighted by molar-refractivity contribution is 0.291. The number of rotatable bonds is 4. The van der Waals surface area contributed by atoms with E-state index in [-0.39, 0.29) is 0 Å². The first-order chi connectivity index (χ1) is 8.70. The zero-order chi connectivity index (χ0) is 13.0. The number of hydrazine groups is 1. The van der Waals surface area contributed by atoms with E-state index >= 15 is 0 Å². The Kier molecular flexibility index (Phi) is 4.35. The Morgan fingerprint density at radius 2 is 2.00 bits per heavy atom. The van der Waals surface area contributed by atoms with Gasteiger partial charge in [0.2, 0.25) is 5.88 Å². The van der Waals surface area contributed by atoms with Crippen molar-refractivity contribution in [2.24, 2.45) is 5.84 Å². The Morgan fingerprint density at radius 1 is 1.28 bits per heavy atom. The van der Waals surface area contributed by atoms with Gasteiger partial charge in [0.25, 0.3) is 0 Å². The molecule has 1 heterocycles. The van der Waals surface area contributed by atoms with E-state index in [2.05, 4.69) is 31.3 Å². The van der Waals surface area contributed by atoms with Gasteiger partial charge in [-0.3, -0.25) is 0 Å². The molecule has 2 aromatic rings. The number of hydrogen-bond acceptors (Lipinski definition) is 5. The van der Waals surface area contributed by atoms with Gasteiger partial charge in [-0.1, -0.05) is 23.7 Å². The minimum absolute atomic E-state index is 0.386. The summed E-state index contributed by atoms with van der Waals surface area (Å²) in [5.41, 5.74) is 3.44. The van der Waals surface area contributed by atoms with Gasteiger partial charge in [0.15, 0.2) is 5.82 Å². The minimum atomic E-state index is 0.386. The number of benzene rings is 1. The molecule has 2 rings (SSSR count). The van der Waals surface area contributed by atoms with E-state index in [9.17, 15) is 0 Å². The number of anilines is 1. The standard InChI is InChI=1S/C11H10BrClN4O/c12-9-10(17-14)15-6-16-11(9)18-5-7-1-3-8(13)4-2-7/h1-4,6H,5,14H2,(H,15,16,17). The molecule has 0 aliphatic heterocycles. The highest BCUT2D eigenvalue weighted by molar-refractivity contribution is 9.10. The van der Waals surface area contributed by atoms with E-state index in [4.69, 9.17) is 22.2 Å². The molecule has 0 amide bonds. The lowest BCUT2D eigenvalue weighted by Gasteiger charge is -2.09. The minimum Gasteiger partial charge on any atom is -0.472 e. The maximum absolute atomic E-state index is 5.80. The summed E-state index contributed by atoms with van der Waals surface area (Å²) in [4.78, 5) is 7.95. The van der Waals surface area contributed by atoms with E-state index in [1.165, 1.54) is 6.33 Å². The third-order valence-corrected chi connectivity index (χ3v) is 3.15. The molecule has 0 atom stereocenters. The highest BCUT2D eigenvalue weighted by Gasteiger charge is 2.08. The summed E-state index contributed by atoms with van der Waals surface area (Å²) in [6.07, 6.45) is 1.37. The van der Waals surface area contributed by atoms with Crippen LogP contribution in [-0.4, -0.2) is 9.97 Å². The van der Waals surface area contributed by atoms with Crippen molar-refractivity contribution in [3.63, 3.8) is 0 Å².